The van der Waals surface area contributed by atoms with E-state index in [2.05, 4.69) is 10.3 Å². The van der Waals surface area contributed by atoms with Crippen LogP contribution in [0.15, 0.2) is 59.4 Å². The Labute approximate surface area is 172 Å². The van der Waals surface area contributed by atoms with Crippen molar-refractivity contribution in [1.29, 1.82) is 0 Å². The molecule has 2 amide bonds. The maximum absolute atomic E-state index is 12.9. The minimum absolute atomic E-state index is 0.0345. The molecule has 0 bridgehead atoms. The summed E-state index contributed by atoms with van der Waals surface area (Å²) in [6.07, 6.45) is 3.11. The van der Waals surface area contributed by atoms with Crippen molar-refractivity contribution in [3.63, 3.8) is 0 Å². The molecule has 7 heteroatoms. The number of thiophene rings is 2. The largest absolute Gasteiger partial charge is 0.343 e. The Morgan fingerprint density at radius 2 is 1.82 bits per heavy atom. The Morgan fingerprint density at radius 3 is 2.46 bits per heavy atom. The number of likely N-dealkylation sites (tertiary alicyclic amines) is 1. The number of rotatable bonds is 5. The molecule has 4 heterocycles. The van der Waals surface area contributed by atoms with Crippen LogP contribution in [-0.4, -0.2) is 34.8 Å². The first-order valence-corrected chi connectivity index (χ1v) is 11.1. The fourth-order valence-corrected chi connectivity index (χ4v) is 4.93. The van der Waals surface area contributed by atoms with Gasteiger partial charge in [-0.3, -0.25) is 14.6 Å². The zero-order chi connectivity index (χ0) is 19.3. The zero-order valence-electron chi connectivity index (χ0n) is 15.3. The van der Waals surface area contributed by atoms with Crippen LogP contribution in [-0.2, 0) is 4.79 Å². The summed E-state index contributed by atoms with van der Waals surface area (Å²) in [7, 11) is 0. The van der Waals surface area contributed by atoms with Crippen molar-refractivity contribution in [2.45, 2.75) is 18.9 Å². The number of amides is 2. The molecule has 0 spiro atoms. The lowest BCUT2D eigenvalue weighted by Crippen LogP contribution is -2.43. The van der Waals surface area contributed by atoms with Gasteiger partial charge in [-0.25, -0.2) is 0 Å². The molecular formula is C21H21N3O2S2. The molecule has 1 saturated heterocycles. The van der Waals surface area contributed by atoms with Crippen LogP contribution in [0.1, 0.15) is 39.1 Å². The van der Waals surface area contributed by atoms with Crippen molar-refractivity contribution in [3.8, 4) is 0 Å². The highest BCUT2D eigenvalue weighted by Crippen LogP contribution is 2.27. The summed E-state index contributed by atoms with van der Waals surface area (Å²) in [5.41, 5.74) is 0.837. The van der Waals surface area contributed by atoms with E-state index >= 15 is 0 Å². The van der Waals surface area contributed by atoms with Gasteiger partial charge < -0.3 is 10.2 Å². The van der Waals surface area contributed by atoms with Gasteiger partial charge in [0, 0.05) is 30.1 Å². The minimum atomic E-state index is -0.237. The van der Waals surface area contributed by atoms with E-state index in [0.717, 1.165) is 15.4 Å². The monoisotopic (exact) mass is 411 g/mol. The second-order valence-corrected chi connectivity index (χ2v) is 8.68. The number of nitrogens with zero attached hydrogens (tertiary/aromatic N) is 2. The summed E-state index contributed by atoms with van der Waals surface area (Å²) in [6.45, 7) is 1.23. The Morgan fingerprint density at radius 1 is 1.04 bits per heavy atom. The van der Waals surface area contributed by atoms with Crippen molar-refractivity contribution in [2.24, 2.45) is 5.92 Å². The van der Waals surface area contributed by atoms with Gasteiger partial charge in [-0.2, -0.15) is 0 Å². The lowest BCUT2D eigenvalue weighted by atomic mass is 9.95. The maximum Gasteiger partial charge on any atom is 0.263 e. The first-order chi connectivity index (χ1) is 13.7. The molecule has 1 N–H and O–H groups in total. The molecular weight excluding hydrogens is 390 g/mol. The van der Waals surface area contributed by atoms with E-state index in [4.69, 9.17) is 0 Å². The van der Waals surface area contributed by atoms with E-state index in [9.17, 15) is 9.59 Å². The first-order valence-electron chi connectivity index (χ1n) is 9.30. The third-order valence-corrected chi connectivity index (χ3v) is 6.78. The summed E-state index contributed by atoms with van der Waals surface area (Å²) in [6, 6.07) is 13.3. The molecule has 0 aliphatic carbocycles. The van der Waals surface area contributed by atoms with E-state index < -0.39 is 0 Å². The lowest BCUT2D eigenvalue weighted by molar-refractivity contribution is -0.126. The van der Waals surface area contributed by atoms with E-state index in [-0.39, 0.29) is 23.8 Å². The molecule has 1 aliphatic rings. The van der Waals surface area contributed by atoms with Crippen LogP contribution in [0.3, 0.4) is 0 Å². The van der Waals surface area contributed by atoms with Gasteiger partial charge in [-0.05, 0) is 47.9 Å². The van der Waals surface area contributed by atoms with Gasteiger partial charge in [0.25, 0.3) is 5.91 Å². The molecule has 1 fully saturated rings. The lowest BCUT2D eigenvalue weighted by Gasteiger charge is -2.32. The number of hydrogen-bond donors (Lipinski definition) is 1. The number of piperidine rings is 1. The van der Waals surface area contributed by atoms with Gasteiger partial charge in [-0.1, -0.05) is 18.2 Å². The van der Waals surface area contributed by atoms with Gasteiger partial charge in [0.1, 0.15) is 6.04 Å². The van der Waals surface area contributed by atoms with Gasteiger partial charge in [0.15, 0.2) is 0 Å². The second-order valence-electron chi connectivity index (χ2n) is 6.76. The molecule has 3 aromatic heterocycles. The van der Waals surface area contributed by atoms with Crippen LogP contribution < -0.4 is 5.32 Å². The third-order valence-electron chi connectivity index (χ3n) is 4.98. The molecule has 1 aliphatic heterocycles. The topological polar surface area (TPSA) is 62.3 Å². The maximum atomic E-state index is 12.9. The van der Waals surface area contributed by atoms with E-state index in [0.29, 0.717) is 25.9 Å². The molecule has 5 nitrogen and oxygen atoms in total. The average molecular weight is 412 g/mol. The molecule has 0 saturated carbocycles. The van der Waals surface area contributed by atoms with Crippen molar-refractivity contribution in [1.82, 2.24) is 15.2 Å². The van der Waals surface area contributed by atoms with Crippen LogP contribution in [0.2, 0.25) is 0 Å². The fourth-order valence-electron chi connectivity index (χ4n) is 3.45. The molecule has 1 unspecified atom stereocenters. The van der Waals surface area contributed by atoms with Crippen LogP contribution in [0.25, 0.3) is 0 Å². The van der Waals surface area contributed by atoms with Crippen molar-refractivity contribution < 1.29 is 9.59 Å². The number of carbonyl (C=O) groups is 2. The van der Waals surface area contributed by atoms with Crippen LogP contribution >= 0.6 is 22.7 Å². The highest BCUT2D eigenvalue weighted by Gasteiger charge is 2.30. The van der Waals surface area contributed by atoms with E-state index in [1.807, 2.05) is 58.1 Å². The van der Waals surface area contributed by atoms with E-state index in [1.165, 1.54) is 11.3 Å². The number of nitrogens with one attached hydrogen (secondary N) is 1. The SMILES string of the molecule is O=C(NC(c1ccccn1)c1cccs1)C1CCN(C(=O)c2cccs2)CC1. The molecule has 3 aromatic rings. The molecule has 0 aromatic carbocycles. The predicted molar refractivity (Wildman–Crippen MR) is 111 cm³/mol. The first kappa shape index (κ1) is 18.8. The number of hydrogen-bond acceptors (Lipinski definition) is 5. The molecule has 28 heavy (non-hydrogen) atoms. The number of aromatic nitrogens is 1. The standard InChI is InChI=1S/C21H21N3O2S2/c25-20(15-8-11-24(12-9-15)21(26)18-7-4-14-28-18)23-19(17-6-3-13-27-17)16-5-1-2-10-22-16/h1-7,10,13-15,19H,8-9,11-12H2,(H,23,25). The van der Waals surface area contributed by atoms with Gasteiger partial charge in [-0.15, -0.1) is 22.7 Å². The van der Waals surface area contributed by atoms with Crippen LogP contribution in [0.5, 0.6) is 0 Å². The smallest absolute Gasteiger partial charge is 0.263 e. The summed E-state index contributed by atoms with van der Waals surface area (Å²) < 4.78 is 0. The third kappa shape index (κ3) is 4.15. The Kier molecular flexibility index (Phi) is 5.83. The highest BCUT2D eigenvalue weighted by molar-refractivity contribution is 7.12. The van der Waals surface area contributed by atoms with Gasteiger partial charge in [0.05, 0.1) is 10.6 Å². The molecule has 1 atom stereocenters. The van der Waals surface area contributed by atoms with Crippen LogP contribution in [0, 0.1) is 5.92 Å². The Hall–Kier alpha value is -2.51. The quantitative estimate of drug-likeness (QED) is 0.691. The molecule has 0 radical (unpaired) electrons. The zero-order valence-corrected chi connectivity index (χ0v) is 16.9. The normalized spacial score (nSPS) is 15.9. The average Bonchev–Trinajstić information content (AvgIpc) is 3.46. The van der Waals surface area contributed by atoms with Crippen molar-refractivity contribution in [3.05, 3.63) is 74.9 Å². The fraction of sp³-hybridized carbons (Fsp3) is 0.286. The summed E-state index contributed by atoms with van der Waals surface area (Å²) in [5, 5.41) is 7.10. The van der Waals surface area contributed by atoms with Gasteiger partial charge in [0.2, 0.25) is 5.91 Å². The van der Waals surface area contributed by atoms with Gasteiger partial charge >= 0.3 is 0 Å². The Bertz CT molecular complexity index is 903. The van der Waals surface area contributed by atoms with Crippen molar-refractivity contribution in [2.75, 3.05) is 13.1 Å². The Balaban J connectivity index is 1.40. The number of pyridine rings is 1. The van der Waals surface area contributed by atoms with Crippen LogP contribution in [0.4, 0.5) is 0 Å². The minimum Gasteiger partial charge on any atom is -0.343 e. The molecule has 144 valence electrons. The summed E-state index contributed by atoms with van der Waals surface area (Å²) in [4.78, 5) is 33.5. The number of carbonyl (C=O) groups excluding carboxylic acids is 2. The van der Waals surface area contributed by atoms with E-state index in [1.54, 1.807) is 17.5 Å². The second kappa shape index (κ2) is 8.67. The van der Waals surface area contributed by atoms with Crippen molar-refractivity contribution >= 4 is 34.5 Å². The highest BCUT2D eigenvalue weighted by atomic mass is 32.1. The predicted octanol–water partition coefficient (Wildman–Crippen LogP) is 3.96. The summed E-state index contributed by atoms with van der Waals surface area (Å²) in [5.74, 6) is 0.0182. The summed E-state index contributed by atoms with van der Waals surface area (Å²) >= 11 is 3.07. The molecule has 4 rings (SSSR count).